The highest BCUT2D eigenvalue weighted by Crippen LogP contribution is 2.21. The zero-order valence-corrected chi connectivity index (χ0v) is 13.0. The molecule has 0 aliphatic heterocycles. The van der Waals surface area contributed by atoms with Crippen LogP contribution in [0.3, 0.4) is 0 Å². The van der Waals surface area contributed by atoms with Crippen LogP contribution in [-0.2, 0) is 4.74 Å². The molecule has 0 aliphatic carbocycles. The average Bonchev–Trinajstić information content (AvgIpc) is 2.28. The van der Waals surface area contributed by atoms with Crippen molar-refractivity contribution in [3.63, 3.8) is 0 Å². The van der Waals surface area contributed by atoms with Crippen LogP contribution < -0.4 is 0 Å². The lowest BCUT2D eigenvalue weighted by Gasteiger charge is -2.20. The first-order chi connectivity index (χ1) is 8.36. The molecule has 0 saturated carbocycles. The summed E-state index contributed by atoms with van der Waals surface area (Å²) >= 11 is 5.83. The van der Waals surface area contributed by atoms with Crippen LogP contribution in [0.5, 0.6) is 0 Å². The third-order valence-electron chi connectivity index (χ3n) is 2.61. The van der Waals surface area contributed by atoms with Crippen molar-refractivity contribution in [1.29, 1.82) is 0 Å². The Morgan fingerprint density at radius 1 is 1.28 bits per heavy atom. The van der Waals surface area contributed by atoms with Crippen LogP contribution >= 0.6 is 11.6 Å². The Kier molecular flexibility index (Phi) is 5.32. The van der Waals surface area contributed by atoms with Crippen molar-refractivity contribution in [2.75, 3.05) is 13.7 Å². The fourth-order valence-electron chi connectivity index (χ4n) is 1.66. The first-order valence-electron chi connectivity index (χ1n) is 5.86. The molecule has 1 aromatic carbocycles. The van der Waals surface area contributed by atoms with Gasteiger partial charge in [-0.25, -0.2) is 0 Å². The number of Topliss-reactive ketones (excluding diaryl/α,β-unsaturated/α-hetero) is 1. The Bertz CT molecular complexity index is 444. The Morgan fingerprint density at radius 2 is 1.83 bits per heavy atom. The molecule has 0 radical (unpaired) electrons. The number of hydrogen-bond acceptors (Lipinski definition) is 2. The molecule has 98 valence electrons. The number of methoxy groups -OCH3 is 1. The molecule has 18 heavy (non-hydrogen) atoms. The summed E-state index contributed by atoms with van der Waals surface area (Å²) in [5.41, 5.74) is 0.684. The number of carbonyl (C=O) groups excluding carboxylic acids is 1. The van der Waals surface area contributed by atoms with Crippen LogP contribution in [0, 0.1) is 0 Å². The predicted octanol–water partition coefficient (Wildman–Crippen LogP) is 3.97. The molecule has 0 fully saturated rings. The second kappa shape index (κ2) is 6.32. The minimum atomic E-state index is -1.68. The van der Waals surface area contributed by atoms with Gasteiger partial charge in [0.05, 0.1) is 14.7 Å². The molecule has 4 heteroatoms. The number of ether oxygens (including phenoxy) is 1. The summed E-state index contributed by atoms with van der Waals surface area (Å²) in [5.74, 6) is 0.0860. The number of hydrogen-bond donors (Lipinski definition) is 0. The van der Waals surface area contributed by atoms with E-state index in [4.69, 9.17) is 16.3 Å². The predicted molar refractivity (Wildman–Crippen MR) is 79.1 cm³/mol. The summed E-state index contributed by atoms with van der Waals surface area (Å²) in [6, 6.07) is 7.02. The highest BCUT2D eigenvalue weighted by Gasteiger charge is 2.26. The third kappa shape index (κ3) is 4.09. The zero-order chi connectivity index (χ0) is 13.8. The summed E-state index contributed by atoms with van der Waals surface area (Å²) in [6.45, 7) is 6.94. The second-order valence-electron chi connectivity index (χ2n) is 5.16. The Hall–Kier alpha value is -0.903. The monoisotopic (exact) mass is 282 g/mol. The van der Waals surface area contributed by atoms with Crippen LogP contribution in [0.25, 0.3) is 0 Å². The van der Waals surface area contributed by atoms with Gasteiger partial charge in [0.15, 0.2) is 5.78 Å². The fraction of sp³-hybridized carbons (Fsp3) is 0.357. The molecule has 0 N–H and O–H groups in total. The second-order valence-corrected chi connectivity index (χ2v) is 10.6. The summed E-state index contributed by atoms with van der Waals surface area (Å²) < 4.78 is 5.05. The number of halogens is 1. The highest BCUT2D eigenvalue weighted by molar-refractivity contribution is 6.87. The van der Waals surface area contributed by atoms with Gasteiger partial charge in [0.2, 0.25) is 0 Å². The lowest BCUT2D eigenvalue weighted by Crippen LogP contribution is -2.30. The number of rotatable bonds is 5. The van der Waals surface area contributed by atoms with Crippen molar-refractivity contribution < 1.29 is 9.53 Å². The smallest absolute Gasteiger partial charge is 0.184 e. The first kappa shape index (κ1) is 15.2. The maximum atomic E-state index is 12.5. The molecule has 2 nitrogen and oxygen atoms in total. The van der Waals surface area contributed by atoms with Gasteiger partial charge in [-0.3, -0.25) is 4.79 Å². The maximum absolute atomic E-state index is 12.5. The minimum absolute atomic E-state index is 0.0860. The van der Waals surface area contributed by atoms with Gasteiger partial charge in [-0.05, 0) is 29.5 Å². The Labute approximate surface area is 115 Å². The molecule has 1 rings (SSSR count). The van der Waals surface area contributed by atoms with Crippen molar-refractivity contribution in [1.82, 2.24) is 0 Å². The van der Waals surface area contributed by atoms with Crippen LogP contribution in [0.2, 0.25) is 24.7 Å². The van der Waals surface area contributed by atoms with Crippen LogP contribution in [0.4, 0.5) is 0 Å². The van der Waals surface area contributed by atoms with E-state index in [1.807, 2.05) is 6.08 Å². The molecule has 0 aromatic heterocycles. The zero-order valence-electron chi connectivity index (χ0n) is 11.3. The number of benzene rings is 1. The molecule has 0 atom stereocenters. The van der Waals surface area contributed by atoms with Gasteiger partial charge in [0.1, 0.15) is 0 Å². The number of carbonyl (C=O) groups is 1. The first-order valence-corrected chi connectivity index (χ1v) is 9.74. The number of allylic oxidation sites excluding steroid dienone is 1. The maximum Gasteiger partial charge on any atom is 0.184 e. The van der Waals surface area contributed by atoms with E-state index in [2.05, 4.69) is 19.6 Å². The Morgan fingerprint density at radius 3 is 2.28 bits per heavy atom. The molecule has 0 bridgehead atoms. The van der Waals surface area contributed by atoms with E-state index in [1.54, 1.807) is 31.4 Å². The Balaban J connectivity index is 3.07. The van der Waals surface area contributed by atoms with E-state index in [0.717, 1.165) is 5.20 Å². The molecule has 0 aliphatic rings. The van der Waals surface area contributed by atoms with E-state index in [1.165, 1.54) is 0 Å². The molecule has 0 heterocycles. The van der Waals surface area contributed by atoms with Gasteiger partial charge in [0.25, 0.3) is 0 Å². The standard InChI is InChI=1S/C14H19ClO2Si/c1-17-10-9-13(18(2,3)4)14(16)11-5-7-12(15)8-6-11/h5-9H,10H2,1-4H3/b13-9-. The molecule has 1 aromatic rings. The van der Waals surface area contributed by atoms with Crippen molar-refractivity contribution >= 4 is 25.5 Å². The van der Waals surface area contributed by atoms with Gasteiger partial charge in [-0.2, -0.15) is 0 Å². The number of ketones is 1. The lowest BCUT2D eigenvalue weighted by molar-refractivity contribution is 0.103. The summed E-state index contributed by atoms with van der Waals surface area (Å²) in [6.07, 6.45) is 1.91. The topological polar surface area (TPSA) is 26.3 Å². The van der Waals surface area contributed by atoms with Crippen LogP contribution in [0.1, 0.15) is 10.4 Å². The van der Waals surface area contributed by atoms with E-state index in [9.17, 15) is 4.79 Å². The van der Waals surface area contributed by atoms with Crippen LogP contribution in [-0.4, -0.2) is 27.6 Å². The third-order valence-corrected chi connectivity index (χ3v) is 4.91. The van der Waals surface area contributed by atoms with Crippen molar-refractivity contribution in [2.24, 2.45) is 0 Å². The molecule has 0 unspecified atom stereocenters. The molecule has 0 amide bonds. The van der Waals surface area contributed by atoms with Gasteiger partial charge in [-0.1, -0.05) is 37.3 Å². The minimum Gasteiger partial charge on any atom is -0.381 e. The highest BCUT2D eigenvalue weighted by atomic mass is 35.5. The van der Waals surface area contributed by atoms with Crippen molar-refractivity contribution in [2.45, 2.75) is 19.6 Å². The van der Waals surface area contributed by atoms with E-state index >= 15 is 0 Å². The summed E-state index contributed by atoms with van der Waals surface area (Å²) in [5, 5.41) is 1.54. The van der Waals surface area contributed by atoms with Crippen molar-refractivity contribution in [3.05, 3.63) is 46.1 Å². The van der Waals surface area contributed by atoms with Gasteiger partial charge >= 0.3 is 0 Å². The van der Waals surface area contributed by atoms with E-state index in [-0.39, 0.29) is 5.78 Å². The average molecular weight is 283 g/mol. The molecular formula is C14H19ClO2Si. The lowest BCUT2D eigenvalue weighted by atomic mass is 10.1. The van der Waals surface area contributed by atoms with E-state index < -0.39 is 8.07 Å². The fourth-order valence-corrected chi connectivity index (χ4v) is 3.31. The van der Waals surface area contributed by atoms with Gasteiger partial charge < -0.3 is 4.74 Å². The summed E-state index contributed by atoms with van der Waals surface area (Å²) in [4.78, 5) is 12.5. The molecule has 0 spiro atoms. The normalized spacial score (nSPS) is 12.6. The SMILES string of the molecule is COC/C=C(/C(=O)c1ccc(Cl)cc1)[Si](C)(C)C. The largest absolute Gasteiger partial charge is 0.381 e. The van der Waals surface area contributed by atoms with Gasteiger partial charge in [0, 0.05) is 17.7 Å². The van der Waals surface area contributed by atoms with Crippen LogP contribution in [0.15, 0.2) is 35.5 Å². The van der Waals surface area contributed by atoms with Crippen molar-refractivity contribution in [3.8, 4) is 0 Å². The quantitative estimate of drug-likeness (QED) is 0.464. The molecular weight excluding hydrogens is 264 g/mol. The van der Waals surface area contributed by atoms with E-state index in [0.29, 0.717) is 17.2 Å². The van der Waals surface area contributed by atoms with Gasteiger partial charge in [-0.15, -0.1) is 0 Å². The summed E-state index contributed by atoms with van der Waals surface area (Å²) in [7, 11) is -0.0547. The molecule has 0 saturated heterocycles.